The van der Waals surface area contributed by atoms with E-state index in [1.165, 1.54) is 18.4 Å². The Morgan fingerprint density at radius 1 is 1.19 bits per heavy atom. The van der Waals surface area contributed by atoms with E-state index in [1.54, 1.807) is 0 Å². The summed E-state index contributed by atoms with van der Waals surface area (Å²) in [5, 5.41) is 10.1. The highest BCUT2D eigenvalue weighted by atomic mass is 16.3. The smallest absolute Gasteiger partial charge is 0.119 e. The van der Waals surface area contributed by atoms with Crippen LogP contribution in [0.25, 0.3) is 0 Å². The molecule has 1 aliphatic rings. The van der Waals surface area contributed by atoms with Gasteiger partial charge in [-0.3, -0.25) is 0 Å². The maximum atomic E-state index is 10.1. The second-order valence-electron chi connectivity index (χ2n) is 5.15. The van der Waals surface area contributed by atoms with Gasteiger partial charge < -0.3 is 10.8 Å². The topological polar surface area (TPSA) is 46.2 Å². The largest absolute Gasteiger partial charge is 0.508 e. The minimum Gasteiger partial charge on any atom is -0.508 e. The minimum atomic E-state index is 0.0303. The molecule has 0 heterocycles. The Kier molecular flexibility index (Phi) is 2.94. The molecule has 2 rings (SSSR count). The Morgan fingerprint density at radius 2 is 1.75 bits per heavy atom. The molecule has 1 aromatic rings. The van der Waals surface area contributed by atoms with Gasteiger partial charge in [-0.1, -0.05) is 18.9 Å². The molecule has 0 bridgehead atoms. The molecule has 3 N–H and O–H groups in total. The zero-order valence-electron chi connectivity index (χ0n) is 10.2. The van der Waals surface area contributed by atoms with E-state index >= 15 is 0 Å². The van der Waals surface area contributed by atoms with Gasteiger partial charge in [-0.25, -0.2) is 0 Å². The SMILES string of the molecule is Cc1cc(O)c(C2(CN)CCCC2)cc1C. The maximum absolute atomic E-state index is 10.1. The summed E-state index contributed by atoms with van der Waals surface area (Å²) in [5.41, 5.74) is 9.43. The van der Waals surface area contributed by atoms with E-state index in [1.807, 2.05) is 13.0 Å². The number of phenolic OH excluding ortho intramolecular Hbond substituents is 1. The zero-order chi connectivity index (χ0) is 11.8. The summed E-state index contributed by atoms with van der Waals surface area (Å²) >= 11 is 0. The van der Waals surface area contributed by atoms with Crippen molar-refractivity contribution in [2.24, 2.45) is 5.73 Å². The predicted molar refractivity (Wildman–Crippen MR) is 66.8 cm³/mol. The Balaban J connectivity index is 2.50. The average Bonchev–Trinajstić information content (AvgIpc) is 2.73. The number of hydrogen-bond acceptors (Lipinski definition) is 2. The van der Waals surface area contributed by atoms with Gasteiger partial charge in [-0.05, 0) is 43.9 Å². The molecule has 0 spiro atoms. The van der Waals surface area contributed by atoms with Crippen LogP contribution in [0.1, 0.15) is 42.4 Å². The third-order valence-corrected chi connectivity index (χ3v) is 4.13. The van der Waals surface area contributed by atoms with Crippen molar-refractivity contribution in [3.63, 3.8) is 0 Å². The van der Waals surface area contributed by atoms with Crippen LogP contribution in [-0.4, -0.2) is 11.7 Å². The molecule has 2 nitrogen and oxygen atoms in total. The van der Waals surface area contributed by atoms with Crippen molar-refractivity contribution < 1.29 is 5.11 Å². The monoisotopic (exact) mass is 219 g/mol. The van der Waals surface area contributed by atoms with Gasteiger partial charge in [0.2, 0.25) is 0 Å². The summed E-state index contributed by atoms with van der Waals surface area (Å²) in [7, 11) is 0. The minimum absolute atomic E-state index is 0.0303. The number of aromatic hydroxyl groups is 1. The fraction of sp³-hybridized carbons (Fsp3) is 0.571. The third-order valence-electron chi connectivity index (χ3n) is 4.13. The molecule has 16 heavy (non-hydrogen) atoms. The van der Waals surface area contributed by atoms with Crippen molar-refractivity contribution in [2.45, 2.75) is 44.9 Å². The molecule has 0 aromatic heterocycles. The molecule has 88 valence electrons. The first-order valence-electron chi connectivity index (χ1n) is 6.10. The van der Waals surface area contributed by atoms with Gasteiger partial charge in [0.05, 0.1) is 0 Å². The van der Waals surface area contributed by atoms with Gasteiger partial charge in [0.15, 0.2) is 0 Å². The van der Waals surface area contributed by atoms with E-state index in [4.69, 9.17) is 5.73 Å². The molecule has 1 aromatic carbocycles. The summed E-state index contributed by atoms with van der Waals surface area (Å²) in [6, 6.07) is 4.00. The fourth-order valence-corrected chi connectivity index (χ4v) is 2.86. The van der Waals surface area contributed by atoms with Crippen molar-refractivity contribution in [3.05, 3.63) is 28.8 Å². The molecule has 0 atom stereocenters. The highest BCUT2D eigenvalue weighted by Crippen LogP contribution is 2.44. The van der Waals surface area contributed by atoms with Crippen LogP contribution >= 0.6 is 0 Å². The Bertz CT molecular complexity index is 392. The number of nitrogens with two attached hydrogens (primary N) is 1. The number of phenols is 1. The molecule has 2 heteroatoms. The molecule has 0 saturated heterocycles. The second-order valence-corrected chi connectivity index (χ2v) is 5.15. The van der Waals surface area contributed by atoms with Crippen LogP contribution < -0.4 is 5.73 Å². The molecular weight excluding hydrogens is 198 g/mol. The quantitative estimate of drug-likeness (QED) is 0.803. The molecule has 0 aliphatic heterocycles. The lowest BCUT2D eigenvalue weighted by Gasteiger charge is -2.29. The standard InChI is InChI=1S/C14H21NO/c1-10-7-12(13(16)8-11(10)2)14(9-15)5-3-4-6-14/h7-8,16H,3-6,9,15H2,1-2H3. The van der Waals surface area contributed by atoms with Crippen LogP contribution in [-0.2, 0) is 5.41 Å². The summed E-state index contributed by atoms with van der Waals surface area (Å²) in [4.78, 5) is 0. The Hall–Kier alpha value is -1.02. The van der Waals surface area contributed by atoms with Crippen molar-refractivity contribution in [3.8, 4) is 5.75 Å². The van der Waals surface area contributed by atoms with Crippen LogP contribution in [0.3, 0.4) is 0 Å². The number of aryl methyl sites for hydroxylation is 2. The lowest BCUT2D eigenvalue weighted by molar-refractivity contribution is 0.405. The van der Waals surface area contributed by atoms with E-state index in [-0.39, 0.29) is 5.41 Å². The molecular formula is C14H21NO. The lowest BCUT2D eigenvalue weighted by Crippen LogP contribution is -2.32. The first-order valence-corrected chi connectivity index (χ1v) is 6.10. The first-order chi connectivity index (χ1) is 7.59. The van der Waals surface area contributed by atoms with Crippen LogP contribution in [0.5, 0.6) is 5.75 Å². The third kappa shape index (κ3) is 1.71. The van der Waals surface area contributed by atoms with Crippen molar-refractivity contribution in [2.75, 3.05) is 6.54 Å². The molecule has 0 amide bonds. The lowest BCUT2D eigenvalue weighted by atomic mass is 9.77. The Labute approximate surface area is 97.5 Å². The van der Waals surface area contributed by atoms with Crippen LogP contribution in [0.15, 0.2) is 12.1 Å². The first kappa shape index (κ1) is 11.5. The van der Waals surface area contributed by atoms with Crippen molar-refractivity contribution in [1.82, 2.24) is 0 Å². The van der Waals surface area contributed by atoms with Crippen LogP contribution in [0, 0.1) is 13.8 Å². The van der Waals surface area contributed by atoms with Crippen LogP contribution in [0.4, 0.5) is 0 Å². The van der Waals surface area contributed by atoms with E-state index in [2.05, 4.69) is 13.0 Å². The van der Waals surface area contributed by atoms with E-state index in [9.17, 15) is 5.11 Å². The molecule has 0 unspecified atom stereocenters. The van der Waals surface area contributed by atoms with Gasteiger partial charge in [0.25, 0.3) is 0 Å². The summed E-state index contributed by atoms with van der Waals surface area (Å²) < 4.78 is 0. The predicted octanol–water partition coefficient (Wildman–Crippen LogP) is 2.78. The molecule has 1 saturated carbocycles. The Morgan fingerprint density at radius 3 is 2.31 bits per heavy atom. The van der Waals surface area contributed by atoms with Gasteiger partial charge in [-0.15, -0.1) is 0 Å². The molecule has 1 fully saturated rings. The van der Waals surface area contributed by atoms with Crippen molar-refractivity contribution >= 4 is 0 Å². The summed E-state index contributed by atoms with van der Waals surface area (Å²) in [5.74, 6) is 0.426. The van der Waals surface area contributed by atoms with E-state index < -0.39 is 0 Å². The van der Waals surface area contributed by atoms with Gasteiger partial charge in [-0.2, -0.15) is 0 Å². The van der Waals surface area contributed by atoms with E-state index in [0.29, 0.717) is 12.3 Å². The van der Waals surface area contributed by atoms with Crippen molar-refractivity contribution in [1.29, 1.82) is 0 Å². The highest BCUT2D eigenvalue weighted by Gasteiger charge is 2.36. The highest BCUT2D eigenvalue weighted by molar-refractivity contribution is 5.45. The maximum Gasteiger partial charge on any atom is 0.119 e. The van der Waals surface area contributed by atoms with Gasteiger partial charge >= 0.3 is 0 Å². The number of benzene rings is 1. The van der Waals surface area contributed by atoms with Crippen LogP contribution in [0.2, 0.25) is 0 Å². The van der Waals surface area contributed by atoms with Gasteiger partial charge in [0, 0.05) is 17.5 Å². The molecule has 0 radical (unpaired) electrons. The van der Waals surface area contributed by atoms with E-state index in [0.717, 1.165) is 24.0 Å². The zero-order valence-corrected chi connectivity index (χ0v) is 10.2. The average molecular weight is 219 g/mol. The number of hydrogen-bond donors (Lipinski definition) is 2. The molecule has 1 aliphatic carbocycles. The fourth-order valence-electron chi connectivity index (χ4n) is 2.86. The second kappa shape index (κ2) is 4.10. The normalized spacial score (nSPS) is 18.9. The van der Waals surface area contributed by atoms with Gasteiger partial charge in [0.1, 0.15) is 5.75 Å². The summed E-state index contributed by atoms with van der Waals surface area (Å²) in [6.07, 6.45) is 4.67. The number of rotatable bonds is 2. The summed E-state index contributed by atoms with van der Waals surface area (Å²) in [6.45, 7) is 4.77.